The quantitative estimate of drug-likeness (QED) is 0.697. The Bertz CT molecular complexity index is 337. The molecule has 0 saturated carbocycles. The van der Waals surface area contributed by atoms with Gasteiger partial charge in [-0.3, -0.25) is 4.79 Å². The van der Waals surface area contributed by atoms with Gasteiger partial charge in [0.15, 0.2) is 0 Å². The minimum Gasteiger partial charge on any atom is -0.333 e. The SMILES string of the molecule is CC(S)C(=O)N1Cc2ccccc2C1. The van der Waals surface area contributed by atoms with Crippen LogP contribution in [0.1, 0.15) is 18.1 Å². The van der Waals surface area contributed by atoms with Gasteiger partial charge in [-0.25, -0.2) is 0 Å². The molecule has 0 spiro atoms. The van der Waals surface area contributed by atoms with Gasteiger partial charge in [0.25, 0.3) is 0 Å². The third kappa shape index (κ3) is 1.64. The van der Waals surface area contributed by atoms with Crippen LogP contribution in [0.4, 0.5) is 0 Å². The summed E-state index contributed by atoms with van der Waals surface area (Å²) in [6.45, 7) is 3.29. The monoisotopic (exact) mass is 207 g/mol. The van der Waals surface area contributed by atoms with Crippen LogP contribution in [-0.2, 0) is 17.9 Å². The van der Waals surface area contributed by atoms with Crippen LogP contribution < -0.4 is 0 Å². The third-order valence-corrected chi connectivity index (χ3v) is 2.73. The van der Waals surface area contributed by atoms with Crippen LogP contribution in [0.15, 0.2) is 24.3 Å². The zero-order chi connectivity index (χ0) is 10.1. The van der Waals surface area contributed by atoms with Crippen LogP contribution >= 0.6 is 12.6 Å². The summed E-state index contributed by atoms with van der Waals surface area (Å²) in [6, 6.07) is 8.17. The summed E-state index contributed by atoms with van der Waals surface area (Å²) in [5.74, 6) is 0.115. The summed E-state index contributed by atoms with van der Waals surface area (Å²) < 4.78 is 0. The van der Waals surface area contributed by atoms with Crippen molar-refractivity contribution in [1.29, 1.82) is 0 Å². The number of rotatable bonds is 1. The molecule has 0 N–H and O–H groups in total. The summed E-state index contributed by atoms with van der Waals surface area (Å²) in [6.07, 6.45) is 0. The molecule has 0 radical (unpaired) electrons. The van der Waals surface area contributed by atoms with Gasteiger partial charge in [-0.1, -0.05) is 24.3 Å². The van der Waals surface area contributed by atoms with Crippen molar-refractivity contribution in [1.82, 2.24) is 4.90 Å². The highest BCUT2D eigenvalue weighted by molar-refractivity contribution is 7.81. The lowest BCUT2D eigenvalue weighted by Gasteiger charge is -2.17. The average Bonchev–Trinajstić information content (AvgIpc) is 2.59. The number of hydrogen-bond donors (Lipinski definition) is 1. The smallest absolute Gasteiger partial charge is 0.235 e. The number of amides is 1. The second-order valence-corrected chi connectivity index (χ2v) is 4.41. The van der Waals surface area contributed by atoms with Crippen molar-refractivity contribution >= 4 is 18.5 Å². The Balaban J connectivity index is 2.16. The molecule has 1 aromatic rings. The molecule has 0 aromatic heterocycles. The number of thiol groups is 1. The Kier molecular flexibility index (Phi) is 2.50. The van der Waals surface area contributed by atoms with E-state index in [4.69, 9.17) is 0 Å². The lowest BCUT2D eigenvalue weighted by atomic mass is 10.1. The maximum absolute atomic E-state index is 11.7. The second kappa shape index (κ2) is 3.65. The van der Waals surface area contributed by atoms with E-state index in [0.717, 1.165) is 13.1 Å². The van der Waals surface area contributed by atoms with Crippen molar-refractivity contribution in [2.45, 2.75) is 25.3 Å². The van der Waals surface area contributed by atoms with Crippen LogP contribution in [0.5, 0.6) is 0 Å². The first-order valence-electron chi connectivity index (χ1n) is 4.72. The van der Waals surface area contributed by atoms with Crippen molar-refractivity contribution in [3.8, 4) is 0 Å². The third-order valence-electron chi connectivity index (χ3n) is 2.51. The zero-order valence-corrected chi connectivity index (χ0v) is 9.00. The molecule has 0 aliphatic carbocycles. The topological polar surface area (TPSA) is 20.3 Å². The molecular weight excluding hydrogens is 194 g/mol. The number of benzene rings is 1. The zero-order valence-electron chi connectivity index (χ0n) is 8.10. The fraction of sp³-hybridized carbons (Fsp3) is 0.364. The van der Waals surface area contributed by atoms with Crippen LogP contribution in [0.3, 0.4) is 0 Å². The van der Waals surface area contributed by atoms with Gasteiger partial charge < -0.3 is 4.90 Å². The molecule has 1 amide bonds. The van der Waals surface area contributed by atoms with E-state index in [1.165, 1.54) is 11.1 Å². The first-order valence-corrected chi connectivity index (χ1v) is 5.24. The summed E-state index contributed by atoms with van der Waals surface area (Å²) in [4.78, 5) is 13.5. The number of carbonyl (C=O) groups is 1. The summed E-state index contributed by atoms with van der Waals surface area (Å²) in [5, 5.41) is -0.204. The predicted molar refractivity (Wildman–Crippen MR) is 59.1 cm³/mol. The minimum absolute atomic E-state index is 0.115. The molecule has 1 aliphatic heterocycles. The highest BCUT2D eigenvalue weighted by atomic mass is 32.1. The average molecular weight is 207 g/mol. The predicted octanol–water partition coefficient (Wildman–Crippen LogP) is 1.85. The molecule has 0 fully saturated rings. The maximum atomic E-state index is 11.7. The van der Waals surface area contributed by atoms with Gasteiger partial charge in [-0.15, -0.1) is 0 Å². The van der Waals surface area contributed by atoms with E-state index in [2.05, 4.69) is 24.8 Å². The van der Waals surface area contributed by atoms with Crippen molar-refractivity contribution in [3.63, 3.8) is 0 Å². The Labute approximate surface area is 89.3 Å². The fourth-order valence-electron chi connectivity index (χ4n) is 1.75. The molecule has 2 rings (SSSR count). The maximum Gasteiger partial charge on any atom is 0.235 e. The molecule has 1 aromatic carbocycles. The lowest BCUT2D eigenvalue weighted by Crippen LogP contribution is -2.31. The van der Waals surface area contributed by atoms with Crippen molar-refractivity contribution in [2.24, 2.45) is 0 Å². The van der Waals surface area contributed by atoms with Crippen LogP contribution in [0, 0.1) is 0 Å². The highest BCUT2D eigenvalue weighted by Crippen LogP contribution is 2.23. The van der Waals surface area contributed by atoms with Gasteiger partial charge in [0.1, 0.15) is 0 Å². The van der Waals surface area contributed by atoms with Gasteiger partial charge in [-0.2, -0.15) is 12.6 Å². The van der Waals surface area contributed by atoms with Crippen molar-refractivity contribution in [2.75, 3.05) is 0 Å². The van der Waals surface area contributed by atoms with Crippen LogP contribution in [0.25, 0.3) is 0 Å². The van der Waals surface area contributed by atoms with E-state index in [1.54, 1.807) is 0 Å². The highest BCUT2D eigenvalue weighted by Gasteiger charge is 2.24. The molecule has 2 nitrogen and oxygen atoms in total. The minimum atomic E-state index is -0.204. The summed E-state index contributed by atoms with van der Waals surface area (Å²) in [7, 11) is 0. The van der Waals surface area contributed by atoms with E-state index in [-0.39, 0.29) is 11.2 Å². The van der Waals surface area contributed by atoms with E-state index >= 15 is 0 Å². The van der Waals surface area contributed by atoms with Gasteiger partial charge in [0.05, 0.1) is 5.25 Å². The molecule has 0 bridgehead atoms. The molecule has 3 heteroatoms. The van der Waals surface area contributed by atoms with Gasteiger partial charge in [0, 0.05) is 13.1 Å². The van der Waals surface area contributed by atoms with Crippen LogP contribution in [0.2, 0.25) is 0 Å². The number of carbonyl (C=O) groups excluding carboxylic acids is 1. The molecule has 74 valence electrons. The van der Waals surface area contributed by atoms with Crippen molar-refractivity contribution in [3.05, 3.63) is 35.4 Å². The summed E-state index contributed by atoms with van der Waals surface area (Å²) in [5.41, 5.74) is 2.52. The Morgan fingerprint density at radius 2 is 1.86 bits per heavy atom. The number of fused-ring (bicyclic) bond motifs is 1. The molecule has 1 atom stereocenters. The van der Waals surface area contributed by atoms with Crippen LogP contribution in [-0.4, -0.2) is 16.1 Å². The lowest BCUT2D eigenvalue weighted by molar-refractivity contribution is -0.130. The van der Waals surface area contributed by atoms with E-state index in [1.807, 2.05) is 24.0 Å². The van der Waals surface area contributed by atoms with E-state index in [9.17, 15) is 4.79 Å². The molecular formula is C11H13NOS. The largest absolute Gasteiger partial charge is 0.333 e. The number of hydrogen-bond acceptors (Lipinski definition) is 2. The standard InChI is InChI=1S/C11H13NOS/c1-8(14)11(13)12-6-9-4-2-3-5-10(9)7-12/h2-5,8,14H,6-7H2,1H3. The van der Waals surface area contributed by atoms with E-state index in [0.29, 0.717) is 0 Å². The van der Waals surface area contributed by atoms with Crippen molar-refractivity contribution < 1.29 is 4.79 Å². The summed E-state index contributed by atoms with van der Waals surface area (Å²) >= 11 is 4.16. The van der Waals surface area contributed by atoms with Gasteiger partial charge in [0.2, 0.25) is 5.91 Å². The Morgan fingerprint density at radius 1 is 1.36 bits per heavy atom. The normalized spacial score (nSPS) is 16.6. The molecule has 1 unspecified atom stereocenters. The number of nitrogens with zero attached hydrogens (tertiary/aromatic N) is 1. The molecule has 0 saturated heterocycles. The first kappa shape index (κ1) is 9.59. The fourth-order valence-corrected chi connectivity index (χ4v) is 1.92. The van der Waals surface area contributed by atoms with Gasteiger partial charge >= 0.3 is 0 Å². The molecule has 14 heavy (non-hydrogen) atoms. The Morgan fingerprint density at radius 3 is 2.29 bits per heavy atom. The second-order valence-electron chi connectivity index (χ2n) is 3.64. The first-order chi connectivity index (χ1) is 6.68. The molecule has 1 aliphatic rings. The van der Waals surface area contributed by atoms with Gasteiger partial charge in [-0.05, 0) is 18.1 Å². The Hall–Kier alpha value is -0.960. The van der Waals surface area contributed by atoms with E-state index < -0.39 is 0 Å². The molecule has 1 heterocycles.